The first-order valence-corrected chi connectivity index (χ1v) is 5.68. The van der Waals surface area contributed by atoms with Crippen molar-refractivity contribution in [3.8, 4) is 0 Å². The quantitative estimate of drug-likeness (QED) is 0.590. The molecule has 0 amide bonds. The molecule has 80 valence electrons. The van der Waals surface area contributed by atoms with Crippen LogP contribution in [0, 0.1) is 0 Å². The molecule has 1 aromatic carbocycles. The van der Waals surface area contributed by atoms with E-state index in [-0.39, 0.29) is 4.94 Å². The molecule has 1 saturated carbocycles. The summed E-state index contributed by atoms with van der Waals surface area (Å²) in [5.74, 6) is 0. The van der Waals surface area contributed by atoms with Gasteiger partial charge >= 0.3 is 4.94 Å². The van der Waals surface area contributed by atoms with Crippen molar-refractivity contribution < 1.29 is 9.21 Å². The van der Waals surface area contributed by atoms with E-state index in [1.54, 1.807) is 12.1 Å². The van der Waals surface area contributed by atoms with Gasteiger partial charge < -0.3 is 4.42 Å². The average molecular weight is 233 g/mol. The molecule has 0 spiro atoms. The van der Waals surface area contributed by atoms with Crippen molar-refractivity contribution in [2.45, 2.75) is 18.4 Å². The van der Waals surface area contributed by atoms with E-state index in [4.69, 9.17) is 4.42 Å². The van der Waals surface area contributed by atoms with E-state index in [0.717, 1.165) is 34.4 Å². The predicted molar refractivity (Wildman–Crippen MR) is 59.4 cm³/mol. The predicted octanol–water partition coefficient (Wildman–Crippen LogP) is 2.18. The number of fused-ring (bicyclic) bond motifs is 1. The highest BCUT2D eigenvalue weighted by atomic mass is 32.1. The average Bonchev–Trinajstić information content (AvgIpc) is 2.93. The van der Waals surface area contributed by atoms with Crippen LogP contribution in [0.25, 0.3) is 10.3 Å². The summed E-state index contributed by atoms with van der Waals surface area (Å²) in [7, 11) is 0. The van der Waals surface area contributed by atoms with Crippen LogP contribution in [0.4, 0.5) is 0 Å². The van der Waals surface area contributed by atoms with Gasteiger partial charge in [0, 0.05) is 0 Å². The zero-order chi connectivity index (χ0) is 11.2. The standard InChI is InChI=1S/C11H7NO3S/c13-6-12-11(3-4-11)7-1-2-9-8(5-7)15-10(14)16-9/h1-2,5H,3-4H2. The third-order valence-corrected chi connectivity index (χ3v) is 3.66. The second kappa shape index (κ2) is 3.14. The van der Waals surface area contributed by atoms with E-state index in [2.05, 4.69) is 4.99 Å². The molecule has 1 aromatic heterocycles. The minimum atomic E-state index is -0.406. The molecule has 0 saturated heterocycles. The van der Waals surface area contributed by atoms with Gasteiger partial charge in [-0.15, -0.1) is 0 Å². The lowest BCUT2D eigenvalue weighted by Crippen LogP contribution is -2.01. The first-order valence-electron chi connectivity index (χ1n) is 4.87. The lowest BCUT2D eigenvalue weighted by Gasteiger charge is -2.06. The Balaban J connectivity index is 2.18. The van der Waals surface area contributed by atoms with Crippen LogP contribution < -0.4 is 4.94 Å². The third-order valence-electron chi connectivity index (χ3n) is 2.85. The summed E-state index contributed by atoms with van der Waals surface area (Å²) >= 11 is 1.08. The topological polar surface area (TPSA) is 59.6 Å². The molecule has 0 atom stereocenters. The van der Waals surface area contributed by atoms with Crippen LogP contribution in [-0.2, 0) is 10.3 Å². The number of aliphatic imine (C=N–C) groups is 1. The minimum Gasteiger partial charge on any atom is -0.414 e. The number of isocyanates is 1. The Labute approximate surface area is 94.2 Å². The second-order valence-electron chi connectivity index (χ2n) is 3.85. The van der Waals surface area contributed by atoms with E-state index in [9.17, 15) is 9.59 Å². The molecule has 16 heavy (non-hydrogen) atoms. The molecule has 4 nitrogen and oxygen atoms in total. The van der Waals surface area contributed by atoms with Crippen molar-refractivity contribution in [2.24, 2.45) is 4.99 Å². The van der Waals surface area contributed by atoms with Crippen molar-refractivity contribution in [2.75, 3.05) is 0 Å². The van der Waals surface area contributed by atoms with Crippen molar-refractivity contribution in [1.29, 1.82) is 0 Å². The van der Waals surface area contributed by atoms with Gasteiger partial charge in [-0.2, -0.15) is 4.99 Å². The molecule has 5 heteroatoms. The van der Waals surface area contributed by atoms with E-state index < -0.39 is 5.54 Å². The maximum absolute atomic E-state index is 11.1. The number of hydrogen-bond acceptors (Lipinski definition) is 5. The molecule has 0 radical (unpaired) electrons. The van der Waals surface area contributed by atoms with Gasteiger partial charge in [-0.05, 0) is 30.5 Å². The Kier molecular flexibility index (Phi) is 1.87. The summed E-state index contributed by atoms with van der Waals surface area (Å²) in [4.78, 5) is 24.9. The summed E-state index contributed by atoms with van der Waals surface area (Å²) in [6.45, 7) is 0. The molecular weight excluding hydrogens is 226 g/mol. The number of rotatable bonds is 2. The zero-order valence-electron chi connectivity index (χ0n) is 8.23. The largest absolute Gasteiger partial charge is 0.414 e. The molecule has 1 fully saturated rings. The van der Waals surface area contributed by atoms with E-state index in [1.807, 2.05) is 12.1 Å². The fraction of sp³-hybridized carbons (Fsp3) is 0.273. The van der Waals surface area contributed by atoms with Crippen LogP contribution in [0.1, 0.15) is 18.4 Å². The molecule has 1 aliphatic rings. The minimum absolute atomic E-state index is 0.309. The van der Waals surface area contributed by atoms with Crippen molar-refractivity contribution in [3.05, 3.63) is 33.5 Å². The fourth-order valence-electron chi connectivity index (χ4n) is 1.83. The Morgan fingerprint density at radius 1 is 1.44 bits per heavy atom. The van der Waals surface area contributed by atoms with Crippen LogP contribution in [-0.4, -0.2) is 6.08 Å². The van der Waals surface area contributed by atoms with Crippen LogP contribution in [0.5, 0.6) is 0 Å². The highest BCUT2D eigenvalue weighted by molar-refractivity contribution is 7.16. The third kappa shape index (κ3) is 1.33. The molecule has 1 aliphatic carbocycles. The Morgan fingerprint density at radius 3 is 2.94 bits per heavy atom. The normalized spacial score (nSPS) is 17.0. The van der Waals surface area contributed by atoms with Crippen LogP contribution in [0.3, 0.4) is 0 Å². The molecule has 2 aromatic rings. The van der Waals surface area contributed by atoms with Gasteiger partial charge in [0.25, 0.3) is 0 Å². The van der Waals surface area contributed by atoms with Gasteiger partial charge in [0.1, 0.15) is 5.58 Å². The Morgan fingerprint density at radius 2 is 2.25 bits per heavy atom. The number of nitrogens with zero attached hydrogens (tertiary/aromatic N) is 1. The molecule has 0 bridgehead atoms. The Hall–Kier alpha value is -1.71. The monoisotopic (exact) mass is 233 g/mol. The van der Waals surface area contributed by atoms with Gasteiger partial charge in [0.05, 0.1) is 10.2 Å². The van der Waals surface area contributed by atoms with Crippen molar-refractivity contribution in [3.63, 3.8) is 0 Å². The van der Waals surface area contributed by atoms with Crippen LogP contribution in [0.15, 0.2) is 32.4 Å². The molecule has 3 rings (SSSR count). The SMILES string of the molecule is O=C=NC1(c2ccc3sc(=O)oc3c2)CC1. The van der Waals surface area contributed by atoms with Gasteiger partial charge in [-0.3, -0.25) is 0 Å². The first kappa shape index (κ1) is 9.51. The molecule has 0 unspecified atom stereocenters. The fourth-order valence-corrected chi connectivity index (χ4v) is 2.48. The highest BCUT2D eigenvalue weighted by Crippen LogP contribution is 2.49. The van der Waals surface area contributed by atoms with Gasteiger partial charge in [0.15, 0.2) is 0 Å². The van der Waals surface area contributed by atoms with Crippen LogP contribution >= 0.6 is 11.3 Å². The zero-order valence-corrected chi connectivity index (χ0v) is 9.04. The Bertz CT molecular complexity index is 659. The van der Waals surface area contributed by atoms with E-state index in [0.29, 0.717) is 5.58 Å². The molecular formula is C11H7NO3S. The molecule has 1 heterocycles. The van der Waals surface area contributed by atoms with E-state index in [1.165, 1.54) is 0 Å². The second-order valence-corrected chi connectivity index (χ2v) is 4.83. The van der Waals surface area contributed by atoms with Crippen LogP contribution in [0.2, 0.25) is 0 Å². The first-order chi connectivity index (χ1) is 7.73. The summed E-state index contributed by atoms with van der Waals surface area (Å²) < 4.78 is 5.85. The molecule has 0 N–H and O–H groups in total. The maximum Gasteiger partial charge on any atom is 0.396 e. The number of benzene rings is 1. The summed E-state index contributed by atoms with van der Waals surface area (Å²) in [6, 6.07) is 5.52. The smallest absolute Gasteiger partial charge is 0.396 e. The summed E-state index contributed by atoms with van der Waals surface area (Å²) in [5.41, 5.74) is 1.08. The van der Waals surface area contributed by atoms with Crippen molar-refractivity contribution >= 4 is 27.7 Å². The van der Waals surface area contributed by atoms with Crippen molar-refractivity contribution in [1.82, 2.24) is 0 Å². The lowest BCUT2D eigenvalue weighted by atomic mass is 10.1. The molecule has 0 aliphatic heterocycles. The van der Waals surface area contributed by atoms with E-state index >= 15 is 0 Å². The van der Waals surface area contributed by atoms with Gasteiger partial charge in [0.2, 0.25) is 6.08 Å². The summed E-state index contributed by atoms with van der Waals surface area (Å²) in [6.07, 6.45) is 3.31. The van der Waals surface area contributed by atoms with Gasteiger partial charge in [-0.1, -0.05) is 17.4 Å². The number of hydrogen-bond donors (Lipinski definition) is 0. The van der Waals surface area contributed by atoms with Gasteiger partial charge in [-0.25, -0.2) is 9.59 Å². The summed E-state index contributed by atoms with van der Waals surface area (Å²) in [5, 5.41) is 0. The maximum atomic E-state index is 11.1. The lowest BCUT2D eigenvalue weighted by molar-refractivity contribution is 0.555. The number of carbonyl (C=O) groups excluding carboxylic acids is 1. The highest BCUT2D eigenvalue weighted by Gasteiger charge is 2.45.